The summed E-state index contributed by atoms with van der Waals surface area (Å²) in [6, 6.07) is 6.73. The highest BCUT2D eigenvalue weighted by Gasteiger charge is 2.18. The molecule has 0 spiro atoms. The third-order valence-electron chi connectivity index (χ3n) is 3.46. The molecule has 0 radical (unpaired) electrons. The SMILES string of the molecule is NC(=O)/C(N)=C(\Nc1ccc2c(c1)NC(=O)CO2)c1cc[nH]c1N. The Hall–Kier alpha value is -3.62. The number of ether oxygens (including phenoxy) is 1. The van der Waals surface area contributed by atoms with Gasteiger partial charge in [-0.1, -0.05) is 0 Å². The number of carbonyl (C=O) groups excluding carboxylic acids is 2. The van der Waals surface area contributed by atoms with Crippen molar-refractivity contribution in [1.29, 1.82) is 0 Å². The molecule has 1 aliphatic rings. The standard InChI is InChI=1S/C15H16N6O3/c16-12(15(18)23)13(8-3-4-19-14(8)17)20-7-1-2-10-9(5-7)21-11(22)6-24-10/h1-5,19-20H,6,16-17H2,(H2,18,23)(H,21,22)/b13-12+. The van der Waals surface area contributed by atoms with Gasteiger partial charge in [0.1, 0.15) is 17.3 Å². The molecule has 3 rings (SSSR count). The van der Waals surface area contributed by atoms with Crippen LogP contribution >= 0.6 is 0 Å². The Morgan fingerprint density at radius 1 is 1.25 bits per heavy atom. The van der Waals surface area contributed by atoms with Crippen molar-refractivity contribution in [3.63, 3.8) is 0 Å². The number of nitrogen functional groups attached to an aromatic ring is 1. The summed E-state index contributed by atoms with van der Waals surface area (Å²) in [6.45, 7) is -0.0283. The fourth-order valence-electron chi connectivity index (χ4n) is 2.31. The van der Waals surface area contributed by atoms with Gasteiger partial charge >= 0.3 is 0 Å². The molecule has 9 heteroatoms. The van der Waals surface area contributed by atoms with Gasteiger partial charge in [-0.3, -0.25) is 9.59 Å². The van der Waals surface area contributed by atoms with Crippen LogP contribution in [0, 0.1) is 0 Å². The van der Waals surface area contributed by atoms with Gasteiger partial charge in [-0.05, 0) is 24.3 Å². The number of aromatic amines is 1. The van der Waals surface area contributed by atoms with Crippen molar-refractivity contribution >= 4 is 34.7 Å². The molecular formula is C15H16N6O3. The van der Waals surface area contributed by atoms with E-state index in [1.807, 2.05) is 0 Å². The molecule has 1 aliphatic heterocycles. The Balaban J connectivity index is 1.99. The summed E-state index contributed by atoms with van der Waals surface area (Å²) in [6.07, 6.45) is 1.61. The Kier molecular flexibility index (Phi) is 3.74. The molecule has 1 aromatic heterocycles. The van der Waals surface area contributed by atoms with Crippen LogP contribution in [0.2, 0.25) is 0 Å². The Labute approximate surface area is 136 Å². The average Bonchev–Trinajstić information content (AvgIpc) is 2.97. The number of hydrogen-bond acceptors (Lipinski definition) is 6. The molecule has 2 aromatic rings. The number of rotatable bonds is 4. The molecular weight excluding hydrogens is 312 g/mol. The van der Waals surface area contributed by atoms with E-state index >= 15 is 0 Å². The van der Waals surface area contributed by atoms with Crippen LogP contribution in [-0.2, 0) is 9.59 Å². The maximum absolute atomic E-state index is 11.5. The molecule has 0 saturated carbocycles. The second-order valence-corrected chi connectivity index (χ2v) is 5.13. The topological polar surface area (TPSA) is 161 Å². The lowest BCUT2D eigenvalue weighted by atomic mass is 10.1. The fourth-order valence-corrected chi connectivity index (χ4v) is 2.31. The van der Waals surface area contributed by atoms with Crippen molar-refractivity contribution in [1.82, 2.24) is 4.98 Å². The van der Waals surface area contributed by atoms with E-state index in [2.05, 4.69) is 15.6 Å². The molecule has 0 unspecified atom stereocenters. The highest BCUT2D eigenvalue weighted by atomic mass is 16.5. The van der Waals surface area contributed by atoms with Crippen LogP contribution in [0.15, 0.2) is 36.2 Å². The first-order chi connectivity index (χ1) is 11.5. The van der Waals surface area contributed by atoms with Gasteiger partial charge in [-0.25, -0.2) is 0 Å². The van der Waals surface area contributed by atoms with E-state index in [-0.39, 0.29) is 23.9 Å². The summed E-state index contributed by atoms with van der Waals surface area (Å²) < 4.78 is 5.30. The van der Waals surface area contributed by atoms with E-state index in [1.165, 1.54) is 0 Å². The number of H-pyrrole nitrogens is 1. The number of aromatic nitrogens is 1. The van der Waals surface area contributed by atoms with Crippen molar-refractivity contribution in [2.45, 2.75) is 0 Å². The highest BCUT2D eigenvalue weighted by molar-refractivity contribution is 6.03. The lowest BCUT2D eigenvalue weighted by Crippen LogP contribution is -2.25. The largest absolute Gasteiger partial charge is 0.482 e. The normalized spacial score (nSPS) is 14.1. The van der Waals surface area contributed by atoms with E-state index in [1.54, 1.807) is 30.5 Å². The Morgan fingerprint density at radius 2 is 2.04 bits per heavy atom. The van der Waals surface area contributed by atoms with Crippen LogP contribution in [-0.4, -0.2) is 23.4 Å². The average molecular weight is 328 g/mol. The molecule has 124 valence electrons. The number of amides is 2. The third kappa shape index (κ3) is 2.82. The van der Waals surface area contributed by atoms with Gasteiger partial charge in [0.2, 0.25) is 0 Å². The van der Waals surface area contributed by atoms with Crippen molar-refractivity contribution in [2.75, 3.05) is 23.0 Å². The van der Waals surface area contributed by atoms with Gasteiger partial charge in [0.15, 0.2) is 6.61 Å². The molecule has 0 saturated heterocycles. The van der Waals surface area contributed by atoms with Crippen LogP contribution in [0.5, 0.6) is 5.75 Å². The summed E-state index contributed by atoms with van der Waals surface area (Å²) in [7, 11) is 0. The van der Waals surface area contributed by atoms with Crippen LogP contribution in [0.4, 0.5) is 17.2 Å². The van der Waals surface area contributed by atoms with E-state index in [9.17, 15) is 9.59 Å². The summed E-state index contributed by atoms with van der Waals surface area (Å²) in [5, 5.41) is 5.71. The summed E-state index contributed by atoms with van der Waals surface area (Å²) in [5.41, 5.74) is 18.6. The van der Waals surface area contributed by atoms with Gasteiger partial charge in [0, 0.05) is 17.4 Å². The van der Waals surface area contributed by atoms with Crippen LogP contribution in [0.3, 0.4) is 0 Å². The summed E-state index contributed by atoms with van der Waals surface area (Å²) >= 11 is 0. The number of nitrogens with two attached hydrogens (primary N) is 3. The quantitative estimate of drug-likeness (QED) is 0.438. The van der Waals surface area contributed by atoms with Crippen molar-refractivity contribution in [2.24, 2.45) is 11.5 Å². The molecule has 0 bridgehead atoms. The zero-order valence-electron chi connectivity index (χ0n) is 12.6. The van der Waals surface area contributed by atoms with E-state index in [4.69, 9.17) is 21.9 Å². The van der Waals surface area contributed by atoms with E-state index in [0.717, 1.165) is 0 Å². The number of nitrogens with one attached hydrogen (secondary N) is 3. The van der Waals surface area contributed by atoms with Gasteiger partial charge in [0.05, 0.1) is 11.4 Å². The smallest absolute Gasteiger partial charge is 0.266 e. The summed E-state index contributed by atoms with van der Waals surface area (Å²) in [4.78, 5) is 25.7. The number of hydrogen-bond donors (Lipinski definition) is 6. The Morgan fingerprint density at radius 3 is 2.71 bits per heavy atom. The van der Waals surface area contributed by atoms with E-state index in [0.29, 0.717) is 28.5 Å². The first kappa shape index (κ1) is 15.3. The molecule has 1 aromatic carbocycles. The Bertz CT molecular complexity index is 855. The second-order valence-electron chi connectivity index (χ2n) is 5.13. The van der Waals surface area contributed by atoms with Crippen molar-refractivity contribution in [3.05, 3.63) is 41.7 Å². The number of carbonyl (C=O) groups is 2. The van der Waals surface area contributed by atoms with Gasteiger partial charge < -0.3 is 37.6 Å². The lowest BCUT2D eigenvalue weighted by Gasteiger charge is -2.20. The molecule has 9 nitrogen and oxygen atoms in total. The second kappa shape index (κ2) is 5.88. The van der Waals surface area contributed by atoms with Gasteiger partial charge in [-0.15, -0.1) is 0 Å². The zero-order chi connectivity index (χ0) is 17.3. The predicted molar refractivity (Wildman–Crippen MR) is 89.7 cm³/mol. The van der Waals surface area contributed by atoms with Gasteiger partial charge in [-0.2, -0.15) is 0 Å². The maximum Gasteiger partial charge on any atom is 0.266 e. The van der Waals surface area contributed by atoms with E-state index < -0.39 is 5.91 Å². The number of benzene rings is 1. The fraction of sp³-hybridized carbons (Fsp3) is 0.0667. The molecule has 2 amide bonds. The predicted octanol–water partition coefficient (Wildman–Crippen LogP) is 0.152. The van der Waals surface area contributed by atoms with Crippen molar-refractivity contribution in [3.8, 4) is 5.75 Å². The minimum absolute atomic E-state index is 0.0283. The minimum atomic E-state index is -0.785. The molecule has 9 N–H and O–H groups in total. The minimum Gasteiger partial charge on any atom is -0.482 e. The molecule has 24 heavy (non-hydrogen) atoms. The van der Waals surface area contributed by atoms with Crippen molar-refractivity contribution < 1.29 is 14.3 Å². The van der Waals surface area contributed by atoms with Crippen LogP contribution in [0.1, 0.15) is 5.56 Å². The highest BCUT2D eigenvalue weighted by Crippen LogP contribution is 2.32. The number of fused-ring (bicyclic) bond motifs is 1. The first-order valence-corrected chi connectivity index (χ1v) is 7.02. The molecule has 0 fully saturated rings. The lowest BCUT2D eigenvalue weighted by molar-refractivity contribution is -0.118. The third-order valence-corrected chi connectivity index (χ3v) is 3.46. The number of primary amides is 1. The monoisotopic (exact) mass is 328 g/mol. The molecule has 0 atom stereocenters. The van der Waals surface area contributed by atoms with Gasteiger partial charge in [0.25, 0.3) is 11.8 Å². The number of anilines is 3. The van der Waals surface area contributed by atoms with Crippen LogP contribution in [0.25, 0.3) is 5.70 Å². The van der Waals surface area contributed by atoms with Crippen LogP contribution < -0.4 is 32.6 Å². The molecule has 0 aliphatic carbocycles. The molecule has 2 heterocycles. The first-order valence-electron chi connectivity index (χ1n) is 7.02. The summed E-state index contributed by atoms with van der Waals surface area (Å²) in [5.74, 6) is -0.152. The maximum atomic E-state index is 11.5. The zero-order valence-corrected chi connectivity index (χ0v) is 12.6.